The Hall–Kier alpha value is -2.37. The first-order valence-electron chi connectivity index (χ1n) is 12.1. The van der Waals surface area contributed by atoms with Crippen LogP contribution in [0.15, 0.2) is 24.3 Å². The molecule has 1 N–H and O–H groups in total. The van der Waals surface area contributed by atoms with E-state index in [1.54, 1.807) is 0 Å². The number of nitrogens with zero attached hydrogens (tertiary/aromatic N) is 3. The lowest BCUT2D eigenvalue weighted by Gasteiger charge is -2.42. The lowest BCUT2D eigenvalue weighted by atomic mass is 9.88. The lowest BCUT2D eigenvalue weighted by molar-refractivity contribution is -0.138. The molecule has 31 heavy (non-hydrogen) atoms. The van der Waals surface area contributed by atoms with Crippen LogP contribution in [0.25, 0.3) is 11.0 Å². The summed E-state index contributed by atoms with van der Waals surface area (Å²) in [6.07, 6.45) is 12.7. The number of rotatable bonds is 7. The Balaban J connectivity index is 1.58. The highest BCUT2D eigenvalue weighted by atomic mass is 16.2. The summed E-state index contributed by atoms with van der Waals surface area (Å²) in [5, 5.41) is 2.86. The maximum Gasteiger partial charge on any atom is 0.243 e. The molecule has 168 valence electrons. The zero-order chi connectivity index (χ0) is 21.6. The van der Waals surface area contributed by atoms with Gasteiger partial charge in [0.2, 0.25) is 11.8 Å². The van der Waals surface area contributed by atoms with E-state index >= 15 is 0 Å². The number of carbonyl (C=O) groups excluding carboxylic acids is 2. The van der Waals surface area contributed by atoms with Crippen molar-refractivity contribution in [2.45, 2.75) is 96.2 Å². The Morgan fingerprint density at radius 2 is 1.61 bits per heavy atom. The molecular formula is C25H36N4O2. The molecule has 0 saturated heterocycles. The molecule has 2 saturated carbocycles. The number of hydrogen-bond donors (Lipinski definition) is 1. The van der Waals surface area contributed by atoms with Crippen LogP contribution in [-0.4, -0.2) is 44.9 Å². The van der Waals surface area contributed by atoms with Crippen molar-refractivity contribution in [3.05, 3.63) is 30.1 Å². The quantitative estimate of drug-likeness (QED) is 0.724. The number of para-hydroxylation sites is 2. The van der Waals surface area contributed by atoms with Crippen LogP contribution >= 0.6 is 0 Å². The number of fused-ring (bicyclic) bond motifs is 1. The van der Waals surface area contributed by atoms with E-state index in [1.807, 2.05) is 24.3 Å². The van der Waals surface area contributed by atoms with Gasteiger partial charge in [0, 0.05) is 32.0 Å². The topological polar surface area (TPSA) is 67.2 Å². The van der Waals surface area contributed by atoms with Crippen molar-refractivity contribution >= 4 is 22.8 Å². The van der Waals surface area contributed by atoms with Crippen molar-refractivity contribution in [3.63, 3.8) is 0 Å². The number of amides is 2. The van der Waals surface area contributed by atoms with Gasteiger partial charge in [-0.25, -0.2) is 4.98 Å². The van der Waals surface area contributed by atoms with Gasteiger partial charge in [-0.05, 0) is 37.8 Å². The molecule has 2 fully saturated rings. The van der Waals surface area contributed by atoms with E-state index in [1.165, 1.54) is 45.4 Å². The van der Waals surface area contributed by atoms with E-state index in [4.69, 9.17) is 4.98 Å². The van der Waals surface area contributed by atoms with E-state index in [-0.39, 0.29) is 11.8 Å². The van der Waals surface area contributed by atoms with Crippen LogP contribution in [0.1, 0.15) is 77.0 Å². The molecule has 6 nitrogen and oxygen atoms in total. The van der Waals surface area contributed by atoms with Gasteiger partial charge >= 0.3 is 0 Å². The monoisotopic (exact) mass is 424 g/mol. The average molecular weight is 425 g/mol. The van der Waals surface area contributed by atoms with Gasteiger partial charge in [0.05, 0.1) is 11.0 Å². The molecule has 1 heterocycles. The van der Waals surface area contributed by atoms with Crippen molar-refractivity contribution in [1.82, 2.24) is 19.8 Å². The van der Waals surface area contributed by atoms with Gasteiger partial charge in [-0.3, -0.25) is 9.59 Å². The zero-order valence-corrected chi connectivity index (χ0v) is 18.8. The number of carbonyl (C=O) groups is 2. The molecule has 2 aliphatic rings. The summed E-state index contributed by atoms with van der Waals surface area (Å²) >= 11 is 0. The molecule has 1 aromatic carbocycles. The molecule has 0 spiro atoms. The molecule has 2 aromatic rings. The molecule has 2 amide bonds. The highest BCUT2D eigenvalue weighted by molar-refractivity contribution is 5.81. The molecule has 0 unspecified atom stereocenters. The minimum Gasteiger partial charge on any atom is -0.356 e. The molecular weight excluding hydrogens is 388 g/mol. The lowest BCUT2D eigenvalue weighted by Crippen LogP contribution is -2.50. The van der Waals surface area contributed by atoms with Gasteiger partial charge in [0.15, 0.2) is 0 Å². The van der Waals surface area contributed by atoms with Crippen molar-refractivity contribution in [3.8, 4) is 0 Å². The fourth-order valence-corrected chi connectivity index (χ4v) is 5.48. The average Bonchev–Trinajstić information content (AvgIpc) is 3.12. The van der Waals surface area contributed by atoms with Gasteiger partial charge in [-0.15, -0.1) is 0 Å². The summed E-state index contributed by atoms with van der Waals surface area (Å²) in [6, 6.07) is 8.81. The Morgan fingerprint density at radius 3 is 2.23 bits per heavy atom. The number of benzene rings is 1. The van der Waals surface area contributed by atoms with Crippen LogP contribution < -0.4 is 5.32 Å². The summed E-state index contributed by atoms with van der Waals surface area (Å²) in [7, 11) is 0. The SMILES string of the molecule is CC(=O)NCCc1nc2ccccc2n1CC(=O)N(C1CCCCC1)C1CCCCC1. The summed E-state index contributed by atoms with van der Waals surface area (Å²) in [4.78, 5) is 32.2. The normalized spacial score (nSPS) is 18.2. The smallest absolute Gasteiger partial charge is 0.243 e. The third kappa shape index (κ3) is 5.28. The van der Waals surface area contributed by atoms with Crippen LogP contribution in [0, 0.1) is 0 Å². The van der Waals surface area contributed by atoms with Crippen molar-refractivity contribution in [1.29, 1.82) is 0 Å². The predicted molar refractivity (Wildman–Crippen MR) is 123 cm³/mol. The maximum atomic E-state index is 13.8. The number of nitrogens with one attached hydrogen (secondary N) is 1. The summed E-state index contributed by atoms with van der Waals surface area (Å²) < 4.78 is 2.08. The van der Waals surface area contributed by atoms with Crippen LogP contribution in [0.3, 0.4) is 0 Å². The van der Waals surface area contributed by atoms with Crippen LogP contribution in [-0.2, 0) is 22.6 Å². The fourth-order valence-electron chi connectivity index (χ4n) is 5.48. The first kappa shape index (κ1) is 21.8. The van der Waals surface area contributed by atoms with Gasteiger partial charge in [-0.2, -0.15) is 0 Å². The number of imidazole rings is 1. The van der Waals surface area contributed by atoms with Crippen molar-refractivity contribution < 1.29 is 9.59 Å². The van der Waals surface area contributed by atoms with Gasteiger partial charge < -0.3 is 14.8 Å². The molecule has 2 aliphatic carbocycles. The zero-order valence-electron chi connectivity index (χ0n) is 18.8. The van der Waals surface area contributed by atoms with Crippen LogP contribution in [0.2, 0.25) is 0 Å². The Morgan fingerprint density at radius 1 is 1.00 bits per heavy atom. The van der Waals surface area contributed by atoms with E-state index < -0.39 is 0 Å². The summed E-state index contributed by atoms with van der Waals surface area (Å²) in [6.45, 7) is 2.39. The van der Waals surface area contributed by atoms with E-state index in [2.05, 4.69) is 14.8 Å². The van der Waals surface area contributed by atoms with Crippen LogP contribution in [0.4, 0.5) is 0 Å². The first-order valence-corrected chi connectivity index (χ1v) is 12.1. The molecule has 6 heteroatoms. The number of hydrogen-bond acceptors (Lipinski definition) is 3. The van der Waals surface area contributed by atoms with Crippen molar-refractivity contribution in [2.75, 3.05) is 6.54 Å². The molecule has 0 radical (unpaired) electrons. The predicted octanol–water partition coefficient (Wildman–Crippen LogP) is 4.21. The van der Waals surface area contributed by atoms with Crippen molar-refractivity contribution in [2.24, 2.45) is 0 Å². The third-order valence-corrected chi connectivity index (χ3v) is 6.97. The van der Waals surface area contributed by atoms with E-state index in [9.17, 15) is 9.59 Å². The minimum absolute atomic E-state index is 0.0421. The largest absolute Gasteiger partial charge is 0.356 e. The summed E-state index contributed by atoms with van der Waals surface area (Å²) in [5.41, 5.74) is 1.91. The molecule has 0 bridgehead atoms. The Labute approximate surface area is 185 Å². The molecule has 0 aliphatic heterocycles. The third-order valence-electron chi connectivity index (χ3n) is 6.97. The minimum atomic E-state index is -0.0421. The van der Waals surface area contributed by atoms with E-state index in [0.717, 1.165) is 42.5 Å². The Kier molecular flexibility index (Phi) is 7.25. The van der Waals surface area contributed by atoms with Gasteiger partial charge in [0.25, 0.3) is 0 Å². The summed E-state index contributed by atoms with van der Waals surface area (Å²) in [5.74, 6) is 1.07. The standard InChI is InChI=1S/C25H36N4O2/c1-19(30)26-17-16-24-27-22-14-8-9-15-23(22)28(24)18-25(31)29(20-10-4-2-5-11-20)21-12-6-3-7-13-21/h8-9,14-15,20-21H,2-7,10-13,16-18H2,1H3,(H,26,30). The highest BCUT2D eigenvalue weighted by Crippen LogP contribution is 2.31. The number of aromatic nitrogens is 2. The second-order valence-corrected chi connectivity index (χ2v) is 9.22. The molecule has 4 rings (SSSR count). The van der Waals surface area contributed by atoms with Gasteiger partial charge in [-0.1, -0.05) is 50.7 Å². The molecule has 1 aromatic heterocycles. The highest BCUT2D eigenvalue weighted by Gasteiger charge is 2.32. The fraction of sp³-hybridized carbons (Fsp3) is 0.640. The van der Waals surface area contributed by atoms with E-state index in [0.29, 0.717) is 31.6 Å². The van der Waals surface area contributed by atoms with Crippen LogP contribution in [0.5, 0.6) is 0 Å². The molecule has 0 atom stereocenters. The first-order chi connectivity index (χ1) is 15.1. The second-order valence-electron chi connectivity index (χ2n) is 9.22. The Bertz CT molecular complexity index is 876. The van der Waals surface area contributed by atoms with Gasteiger partial charge in [0.1, 0.15) is 12.4 Å². The maximum absolute atomic E-state index is 13.8. The second kappa shape index (κ2) is 10.3.